The van der Waals surface area contributed by atoms with Gasteiger partial charge >= 0.3 is 17.1 Å². The van der Waals surface area contributed by atoms with E-state index >= 15 is 0 Å². The average molecular weight is 306 g/mol. The third-order valence-electron chi connectivity index (χ3n) is 1.96. The molecule has 2 radical (unpaired) electrons. The maximum absolute atomic E-state index is 10.5. The zero-order valence-corrected chi connectivity index (χ0v) is 14.3. The van der Waals surface area contributed by atoms with Crippen molar-refractivity contribution in [2.45, 2.75) is 0 Å². The molecule has 0 aliphatic carbocycles. The summed E-state index contributed by atoms with van der Waals surface area (Å²) in [4.78, 5) is 27.5. The molecule has 1 aromatic rings. The Morgan fingerprint density at radius 3 is 1.20 bits per heavy atom. The van der Waals surface area contributed by atoms with Crippen molar-refractivity contribution in [3.05, 3.63) is 30.3 Å². The molecule has 0 heterocycles. The molecule has 0 saturated carbocycles. The number of rotatable bonds is 3. The molecule has 0 aliphatic rings. The molecule has 0 unspecified atom stereocenters. The number of nitrogen functional groups attached to an aromatic ring is 1. The van der Waals surface area contributed by atoms with Gasteiger partial charge < -0.3 is 15.9 Å². The van der Waals surface area contributed by atoms with Crippen molar-refractivity contribution in [3.8, 4) is 11.5 Å². The van der Waals surface area contributed by atoms with E-state index in [1.165, 1.54) is 0 Å². The number of phenolic OH excluding ortho intramolecular Hbond substituents is 2. The van der Waals surface area contributed by atoms with Crippen molar-refractivity contribution < 1.29 is 25.0 Å². The Labute approximate surface area is 153 Å². The summed E-state index contributed by atoms with van der Waals surface area (Å²) in [5.74, 6) is -3.10. The molecule has 0 aliphatic heterocycles. The summed E-state index contributed by atoms with van der Waals surface area (Å²) in [6, 6.07) is 0. The Kier molecular flexibility index (Phi) is 7.99. The number of hydrogen-bond acceptors (Lipinski definition) is 9. The first-order valence-corrected chi connectivity index (χ1v) is 4.00. The van der Waals surface area contributed by atoms with Crippen LogP contribution in [0.2, 0.25) is 0 Å². The van der Waals surface area contributed by atoms with Gasteiger partial charge in [0.15, 0.2) is 5.69 Å². The second-order valence-corrected chi connectivity index (χ2v) is 2.93. The fraction of sp³-hybridized carbons (Fsp3) is 0. The summed E-state index contributed by atoms with van der Waals surface area (Å²) in [5.41, 5.74) is -0.520. The summed E-state index contributed by atoms with van der Waals surface area (Å²) in [6.07, 6.45) is 0. The molecule has 0 bridgehead atoms. The van der Waals surface area contributed by atoms with Gasteiger partial charge in [-0.1, -0.05) is 0 Å². The molecule has 1 rings (SSSR count). The van der Waals surface area contributed by atoms with Gasteiger partial charge in [-0.25, -0.2) is 0 Å². The molecule has 0 atom stereocenters. The molecular formula is C6H4N4Na2O8. The zero-order chi connectivity index (χ0) is 14.2. The fourth-order valence-corrected chi connectivity index (χ4v) is 1.25. The standard InChI is InChI=1S/C6H4N4O8.2Na/c7-1-2(8(13)14)5(11)4(10(17)18)6(12)3(1)9(15)16;;/h11-12H,7H2;;. The van der Waals surface area contributed by atoms with Crippen molar-refractivity contribution >= 4 is 81.9 Å². The van der Waals surface area contributed by atoms with Crippen LogP contribution in [0, 0.1) is 30.3 Å². The van der Waals surface area contributed by atoms with Crippen LogP contribution >= 0.6 is 0 Å². The van der Waals surface area contributed by atoms with Crippen LogP contribution in [0.25, 0.3) is 0 Å². The second kappa shape index (κ2) is 7.56. The van der Waals surface area contributed by atoms with E-state index in [1.54, 1.807) is 0 Å². The topological polar surface area (TPSA) is 196 Å². The molecule has 0 spiro atoms. The van der Waals surface area contributed by atoms with E-state index < -0.39 is 49.0 Å². The minimum atomic E-state index is -1.55. The fourth-order valence-electron chi connectivity index (χ4n) is 1.25. The molecular weight excluding hydrogens is 302 g/mol. The van der Waals surface area contributed by atoms with Crippen LogP contribution in [-0.2, 0) is 0 Å². The quantitative estimate of drug-likeness (QED) is 0.289. The molecule has 98 valence electrons. The van der Waals surface area contributed by atoms with Crippen LogP contribution in [-0.4, -0.2) is 84.1 Å². The molecule has 0 amide bonds. The van der Waals surface area contributed by atoms with Crippen LogP contribution in [0.15, 0.2) is 0 Å². The normalized spacial score (nSPS) is 9.00. The van der Waals surface area contributed by atoms with E-state index in [0.29, 0.717) is 0 Å². The number of nitro groups is 3. The van der Waals surface area contributed by atoms with Gasteiger partial charge in [0.05, 0.1) is 14.8 Å². The average Bonchev–Trinajstić information content (AvgIpc) is 2.14. The monoisotopic (exact) mass is 306 g/mol. The van der Waals surface area contributed by atoms with Gasteiger partial charge in [0, 0.05) is 59.1 Å². The molecule has 0 saturated heterocycles. The predicted octanol–water partition coefficient (Wildman–Crippen LogP) is -0.357. The first kappa shape index (κ1) is 21.1. The Morgan fingerprint density at radius 1 is 0.750 bits per heavy atom. The molecule has 0 fully saturated rings. The molecule has 4 N–H and O–H groups in total. The van der Waals surface area contributed by atoms with E-state index in [2.05, 4.69) is 0 Å². The van der Waals surface area contributed by atoms with Crippen molar-refractivity contribution in [2.24, 2.45) is 0 Å². The Bertz CT molecular complexity index is 489. The first-order chi connectivity index (χ1) is 8.20. The van der Waals surface area contributed by atoms with E-state index in [4.69, 9.17) is 5.73 Å². The van der Waals surface area contributed by atoms with E-state index in [0.717, 1.165) is 0 Å². The van der Waals surface area contributed by atoms with E-state index in [9.17, 15) is 40.6 Å². The molecule has 14 heteroatoms. The number of benzene rings is 1. The van der Waals surface area contributed by atoms with E-state index in [-0.39, 0.29) is 59.1 Å². The van der Waals surface area contributed by atoms with Gasteiger partial charge in [0.1, 0.15) is 0 Å². The van der Waals surface area contributed by atoms with Crippen LogP contribution in [0.1, 0.15) is 0 Å². The second-order valence-electron chi connectivity index (χ2n) is 2.93. The van der Waals surface area contributed by atoms with Crippen molar-refractivity contribution in [2.75, 3.05) is 5.73 Å². The van der Waals surface area contributed by atoms with Crippen molar-refractivity contribution in [1.82, 2.24) is 0 Å². The number of anilines is 1. The van der Waals surface area contributed by atoms with Crippen LogP contribution in [0.3, 0.4) is 0 Å². The van der Waals surface area contributed by atoms with Gasteiger partial charge in [0.25, 0.3) is 11.5 Å². The van der Waals surface area contributed by atoms with Crippen LogP contribution < -0.4 is 5.73 Å². The maximum Gasteiger partial charge on any atom is 0.366 e. The zero-order valence-electron chi connectivity index (χ0n) is 10.3. The molecule has 1 aromatic carbocycles. The number of aromatic hydroxyl groups is 2. The minimum Gasteiger partial charge on any atom is -0.497 e. The third kappa shape index (κ3) is 3.47. The van der Waals surface area contributed by atoms with Gasteiger partial charge in [0.2, 0.25) is 0 Å². The van der Waals surface area contributed by atoms with Gasteiger partial charge in [-0.05, 0) is 0 Å². The van der Waals surface area contributed by atoms with Crippen molar-refractivity contribution in [1.29, 1.82) is 0 Å². The summed E-state index contributed by atoms with van der Waals surface area (Å²) >= 11 is 0. The van der Waals surface area contributed by atoms with Crippen LogP contribution in [0.5, 0.6) is 11.5 Å². The van der Waals surface area contributed by atoms with Gasteiger partial charge in [-0.3, -0.25) is 30.3 Å². The number of nitrogens with zero attached hydrogens (tertiary/aromatic N) is 3. The Morgan fingerprint density at radius 2 is 1.00 bits per heavy atom. The van der Waals surface area contributed by atoms with Crippen molar-refractivity contribution in [3.63, 3.8) is 0 Å². The molecule has 0 aromatic heterocycles. The van der Waals surface area contributed by atoms with Crippen LogP contribution in [0.4, 0.5) is 22.7 Å². The van der Waals surface area contributed by atoms with E-state index in [1.807, 2.05) is 0 Å². The summed E-state index contributed by atoms with van der Waals surface area (Å²) in [6.45, 7) is 0. The number of phenols is 2. The van der Waals surface area contributed by atoms with Gasteiger partial charge in [-0.15, -0.1) is 0 Å². The minimum absolute atomic E-state index is 0. The predicted molar refractivity (Wildman–Crippen MR) is 65.7 cm³/mol. The SMILES string of the molecule is Nc1c([N+](=O)[O-])c(O)c([N+](=O)[O-])c(O)c1[N+](=O)[O-].[Na].[Na]. The third-order valence-corrected chi connectivity index (χ3v) is 1.96. The number of nitrogens with two attached hydrogens (primary N) is 1. The summed E-state index contributed by atoms with van der Waals surface area (Å²) < 4.78 is 0. The first-order valence-electron chi connectivity index (χ1n) is 4.00. The molecule has 20 heavy (non-hydrogen) atoms. The Hall–Kier alpha value is -1.18. The summed E-state index contributed by atoms with van der Waals surface area (Å²) in [5, 5.41) is 50.1. The molecule has 12 nitrogen and oxygen atoms in total. The number of nitro benzene ring substituents is 3. The largest absolute Gasteiger partial charge is 0.497 e. The smallest absolute Gasteiger partial charge is 0.366 e. The summed E-state index contributed by atoms with van der Waals surface area (Å²) in [7, 11) is 0. The Balaban J connectivity index is 0. The van der Waals surface area contributed by atoms with Gasteiger partial charge in [-0.2, -0.15) is 0 Å². The number of hydrogen-bond donors (Lipinski definition) is 3. The maximum atomic E-state index is 10.5.